The van der Waals surface area contributed by atoms with Crippen LogP contribution in [0.25, 0.3) is 0 Å². The van der Waals surface area contributed by atoms with E-state index in [1.54, 1.807) is 18.2 Å². The molecule has 0 radical (unpaired) electrons. The van der Waals surface area contributed by atoms with Crippen molar-refractivity contribution in [2.24, 2.45) is 5.10 Å². The number of rotatable bonds is 9. The van der Waals surface area contributed by atoms with E-state index >= 15 is 0 Å². The second kappa shape index (κ2) is 9.84. The van der Waals surface area contributed by atoms with Gasteiger partial charge in [0.25, 0.3) is 5.91 Å². The van der Waals surface area contributed by atoms with Crippen molar-refractivity contribution in [3.8, 4) is 0 Å². The number of unbranched alkanes of at least 4 members (excludes halogenated alkanes) is 1. The molecule has 2 rings (SSSR count). The van der Waals surface area contributed by atoms with Crippen LogP contribution in [-0.4, -0.2) is 26.6 Å². The van der Waals surface area contributed by atoms with E-state index in [-0.39, 0.29) is 11.4 Å². The summed E-state index contributed by atoms with van der Waals surface area (Å²) in [5.74, 6) is -0.519. The quantitative estimate of drug-likeness (QED) is 0.523. The van der Waals surface area contributed by atoms with E-state index in [9.17, 15) is 13.2 Å². The molecule has 0 atom stereocenters. The molecule has 0 spiro atoms. The zero-order valence-electron chi connectivity index (χ0n) is 14.7. The van der Waals surface area contributed by atoms with Crippen molar-refractivity contribution < 1.29 is 13.2 Å². The van der Waals surface area contributed by atoms with E-state index in [2.05, 4.69) is 22.2 Å². The number of amides is 1. The second-order valence-electron chi connectivity index (χ2n) is 5.70. The maximum absolute atomic E-state index is 12.1. The smallest absolute Gasteiger partial charge is 0.255 e. The van der Waals surface area contributed by atoms with E-state index in [0.717, 1.165) is 30.5 Å². The molecule has 7 heteroatoms. The first-order valence-corrected chi connectivity index (χ1v) is 9.97. The Morgan fingerprint density at radius 1 is 1.00 bits per heavy atom. The highest BCUT2D eigenvalue weighted by Crippen LogP contribution is 2.08. The van der Waals surface area contributed by atoms with Crippen LogP contribution in [0.3, 0.4) is 0 Å². The summed E-state index contributed by atoms with van der Waals surface area (Å²) in [6.45, 7) is 1.70. The molecule has 1 amide bonds. The van der Waals surface area contributed by atoms with Gasteiger partial charge in [0, 0.05) is 0 Å². The fraction of sp³-hybridized carbons (Fsp3) is 0.263. The Kier molecular flexibility index (Phi) is 7.50. The van der Waals surface area contributed by atoms with Gasteiger partial charge in [-0.15, -0.1) is 0 Å². The minimum atomic E-state index is -3.72. The van der Waals surface area contributed by atoms with Crippen LogP contribution in [0.2, 0.25) is 0 Å². The summed E-state index contributed by atoms with van der Waals surface area (Å²) in [7, 11) is -3.72. The molecule has 0 aliphatic carbocycles. The second-order valence-corrected chi connectivity index (χ2v) is 7.47. The molecule has 0 aliphatic rings. The van der Waals surface area contributed by atoms with Crippen LogP contribution >= 0.6 is 0 Å². The van der Waals surface area contributed by atoms with Crippen molar-refractivity contribution in [1.82, 2.24) is 10.1 Å². The average molecular weight is 373 g/mol. The summed E-state index contributed by atoms with van der Waals surface area (Å²) >= 11 is 0. The predicted octanol–water partition coefficient (Wildman–Crippen LogP) is 2.68. The minimum absolute atomic E-state index is 0.115. The first-order chi connectivity index (χ1) is 12.5. The number of hydrogen-bond donors (Lipinski definition) is 2. The molecule has 26 heavy (non-hydrogen) atoms. The summed E-state index contributed by atoms with van der Waals surface area (Å²) in [5.41, 5.74) is 4.14. The standard InChI is InChI=1S/C19H23N3O3S/c1-2-3-14-18(16-10-6-4-7-11-16)21-22-19(23)15-20-26(24,25)17-12-8-5-9-13-17/h4-13,20H,2-3,14-15H2,1H3,(H,22,23)/b21-18-. The van der Waals surface area contributed by atoms with Gasteiger partial charge in [-0.1, -0.05) is 61.9 Å². The van der Waals surface area contributed by atoms with Gasteiger partial charge >= 0.3 is 0 Å². The molecule has 2 aromatic carbocycles. The third kappa shape index (κ3) is 6.09. The molecule has 2 N–H and O–H groups in total. The summed E-state index contributed by atoms with van der Waals surface area (Å²) in [5, 5.41) is 4.19. The van der Waals surface area contributed by atoms with E-state index < -0.39 is 15.9 Å². The number of carbonyl (C=O) groups is 1. The molecule has 0 saturated carbocycles. The van der Waals surface area contributed by atoms with Gasteiger partial charge in [-0.25, -0.2) is 18.6 Å². The molecular weight excluding hydrogens is 350 g/mol. The molecule has 0 aromatic heterocycles. The van der Waals surface area contributed by atoms with Crippen LogP contribution in [0.15, 0.2) is 70.7 Å². The van der Waals surface area contributed by atoms with E-state index in [0.29, 0.717) is 0 Å². The predicted molar refractivity (Wildman–Crippen MR) is 102 cm³/mol. The molecule has 0 aliphatic heterocycles. The van der Waals surface area contributed by atoms with Crippen molar-refractivity contribution >= 4 is 21.6 Å². The lowest BCUT2D eigenvalue weighted by Crippen LogP contribution is -2.35. The normalized spacial score (nSPS) is 12.0. The van der Waals surface area contributed by atoms with Crippen LogP contribution < -0.4 is 10.1 Å². The van der Waals surface area contributed by atoms with Gasteiger partial charge in [-0.05, 0) is 30.5 Å². The number of carbonyl (C=O) groups excluding carboxylic acids is 1. The Morgan fingerprint density at radius 2 is 1.62 bits per heavy atom. The zero-order valence-corrected chi connectivity index (χ0v) is 15.5. The van der Waals surface area contributed by atoms with Gasteiger partial charge < -0.3 is 0 Å². The highest BCUT2D eigenvalue weighted by atomic mass is 32.2. The Hall–Kier alpha value is -2.51. The fourth-order valence-corrected chi connectivity index (χ4v) is 3.26. The lowest BCUT2D eigenvalue weighted by Gasteiger charge is -2.08. The number of sulfonamides is 1. The lowest BCUT2D eigenvalue weighted by atomic mass is 10.1. The van der Waals surface area contributed by atoms with Gasteiger partial charge in [0.1, 0.15) is 0 Å². The third-order valence-corrected chi connectivity index (χ3v) is 5.08. The van der Waals surface area contributed by atoms with Gasteiger partial charge in [0.2, 0.25) is 10.0 Å². The first-order valence-electron chi connectivity index (χ1n) is 8.48. The zero-order chi connectivity index (χ0) is 18.8. The van der Waals surface area contributed by atoms with Gasteiger partial charge in [0.15, 0.2) is 0 Å². The molecule has 0 fully saturated rings. The molecule has 6 nitrogen and oxygen atoms in total. The Bertz CT molecular complexity index is 835. The molecule has 0 bridgehead atoms. The topological polar surface area (TPSA) is 87.6 Å². The highest BCUT2D eigenvalue weighted by molar-refractivity contribution is 7.89. The molecule has 0 heterocycles. The van der Waals surface area contributed by atoms with Crippen molar-refractivity contribution in [2.45, 2.75) is 31.1 Å². The Morgan fingerprint density at radius 3 is 2.23 bits per heavy atom. The van der Waals surface area contributed by atoms with Crippen LogP contribution in [0.4, 0.5) is 0 Å². The maximum atomic E-state index is 12.1. The molecule has 2 aromatic rings. The Balaban J connectivity index is 1.98. The number of benzene rings is 2. The molecule has 0 saturated heterocycles. The van der Waals surface area contributed by atoms with Crippen molar-refractivity contribution in [3.05, 3.63) is 66.2 Å². The fourth-order valence-electron chi connectivity index (χ4n) is 2.25. The largest absolute Gasteiger partial charge is 0.272 e. The van der Waals surface area contributed by atoms with E-state index in [1.807, 2.05) is 30.3 Å². The van der Waals surface area contributed by atoms with Gasteiger partial charge in [-0.3, -0.25) is 4.79 Å². The summed E-state index contributed by atoms with van der Waals surface area (Å²) < 4.78 is 26.5. The molecule has 138 valence electrons. The first kappa shape index (κ1) is 19.8. The van der Waals surface area contributed by atoms with Gasteiger partial charge in [0.05, 0.1) is 17.2 Å². The number of nitrogens with zero attached hydrogens (tertiary/aromatic N) is 1. The monoisotopic (exact) mass is 373 g/mol. The van der Waals surface area contributed by atoms with Crippen LogP contribution in [0.1, 0.15) is 31.7 Å². The maximum Gasteiger partial charge on any atom is 0.255 e. The van der Waals surface area contributed by atoms with Gasteiger partial charge in [-0.2, -0.15) is 5.10 Å². The summed E-state index contributed by atoms with van der Waals surface area (Å²) in [4.78, 5) is 12.1. The minimum Gasteiger partial charge on any atom is -0.272 e. The van der Waals surface area contributed by atoms with Crippen molar-refractivity contribution in [1.29, 1.82) is 0 Å². The summed E-state index contributed by atoms with van der Waals surface area (Å²) in [6.07, 6.45) is 2.69. The van der Waals surface area contributed by atoms with E-state index in [1.165, 1.54) is 12.1 Å². The lowest BCUT2D eigenvalue weighted by molar-refractivity contribution is -0.119. The van der Waals surface area contributed by atoms with Crippen LogP contribution in [-0.2, 0) is 14.8 Å². The SMILES string of the molecule is CCCC/C(=N/NC(=O)CNS(=O)(=O)c1ccccc1)c1ccccc1. The molecule has 0 unspecified atom stereocenters. The average Bonchev–Trinajstić information content (AvgIpc) is 2.68. The number of hydrazone groups is 1. The molecular formula is C19H23N3O3S. The van der Waals surface area contributed by atoms with Crippen molar-refractivity contribution in [3.63, 3.8) is 0 Å². The van der Waals surface area contributed by atoms with Crippen LogP contribution in [0.5, 0.6) is 0 Å². The summed E-state index contributed by atoms with van der Waals surface area (Å²) in [6, 6.07) is 17.5. The van der Waals surface area contributed by atoms with Crippen LogP contribution in [0, 0.1) is 0 Å². The number of hydrogen-bond acceptors (Lipinski definition) is 4. The third-order valence-electron chi connectivity index (χ3n) is 3.67. The van der Waals surface area contributed by atoms with E-state index in [4.69, 9.17) is 0 Å². The van der Waals surface area contributed by atoms with Crippen molar-refractivity contribution in [2.75, 3.05) is 6.54 Å². The number of nitrogens with one attached hydrogen (secondary N) is 2. The highest BCUT2D eigenvalue weighted by Gasteiger charge is 2.14. The Labute approximate surface area is 154 Å².